The highest BCUT2D eigenvalue weighted by atomic mass is 32.2. The molecule has 3 fully saturated rings. The van der Waals surface area contributed by atoms with Gasteiger partial charge in [0.25, 0.3) is 5.91 Å². The molecule has 0 aromatic heterocycles. The summed E-state index contributed by atoms with van der Waals surface area (Å²) < 4.78 is 27.7. The Morgan fingerprint density at radius 3 is 2.04 bits per heavy atom. The van der Waals surface area contributed by atoms with Crippen LogP contribution in [0.4, 0.5) is 4.79 Å². The number of primary amides is 1. The second-order valence-corrected chi connectivity index (χ2v) is 18.8. The third kappa shape index (κ3) is 7.95. The molecule has 3 aliphatic rings. The van der Waals surface area contributed by atoms with Crippen molar-refractivity contribution in [1.29, 1.82) is 0 Å². The SMILES string of the molecule is CN(C[C@@H](NC(=O)N[C@H](C(=O)N1C[C@H]2[C@@H]([C@H]1C(=O)NC(C(=O)C(N)=O)C1CCC1)C2(C)C)C(C)(C)C)C(C)(C)C)S(=O)(=O)c1ccccc1. The molecule has 1 aromatic carbocycles. The van der Waals surface area contributed by atoms with Gasteiger partial charge in [0, 0.05) is 26.2 Å². The van der Waals surface area contributed by atoms with Crippen molar-refractivity contribution in [1.82, 2.24) is 25.2 Å². The summed E-state index contributed by atoms with van der Waals surface area (Å²) in [6.45, 7) is 15.4. The Bertz CT molecular complexity index is 1560. The maximum absolute atomic E-state index is 14.4. The quantitative estimate of drug-likeness (QED) is 0.241. The number of likely N-dealkylation sites (tertiary alicyclic amines) is 1. The molecule has 6 atom stereocenters. The van der Waals surface area contributed by atoms with Crippen LogP contribution < -0.4 is 21.7 Å². The van der Waals surface area contributed by atoms with Gasteiger partial charge >= 0.3 is 6.03 Å². The molecule has 1 saturated heterocycles. The smallest absolute Gasteiger partial charge is 0.315 e. The Morgan fingerprint density at radius 1 is 0.959 bits per heavy atom. The fourth-order valence-electron chi connectivity index (χ4n) is 7.18. The number of hydrogen-bond donors (Lipinski definition) is 4. The van der Waals surface area contributed by atoms with E-state index in [1.54, 1.807) is 18.2 Å². The lowest BCUT2D eigenvalue weighted by Gasteiger charge is -2.39. The molecular weight excluding hydrogens is 648 g/mol. The summed E-state index contributed by atoms with van der Waals surface area (Å²) in [4.78, 5) is 68.1. The van der Waals surface area contributed by atoms with Crippen LogP contribution in [0.15, 0.2) is 35.2 Å². The molecule has 2 aliphatic carbocycles. The minimum absolute atomic E-state index is 0.0265. The normalized spacial score (nSPS) is 23.8. The number of nitrogens with two attached hydrogens (primary N) is 1. The minimum Gasteiger partial charge on any atom is -0.363 e. The van der Waals surface area contributed by atoms with Crippen LogP contribution in [0.25, 0.3) is 0 Å². The molecule has 49 heavy (non-hydrogen) atoms. The number of carbonyl (C=O) groups is 5. The zero-order valence-electron chi connectivity index (χ0n) is 30.2. The van der Waals surface area contributed by atoms with Crippen molar-refractivity contribution < 1.29 is 32.4 Å². The maximum atomic E-state index is 14.4. The summed E-state index contributed by atoms with van der Waals surface area (Å²) in [5, 5.41) is 8.54. The first-order valence-corrected chi connectivity index (χ1v) is 18.5. The third-order valence-corrected chi connectivity index (χ3v) is 12.7. The molecule has 13 nitrogen and oxygen atoms in total. The van der Waals surface area contributed by atoms with Gasteiger partial charge in [-0.2, -0.15) is 4.31 Å². The van der Waals surface area contributed by atoms with Gasteiger partial charge in [-0.05, 0) is 59.0 Å². The number of rotatable bonds is 12. The number of likely N-dealkylation sites (N-methyl/N-ethyl adjacent to an activating group) is 1. The number of nitrogens with one attached hydrogen (secondary N) is 3. The lowest BCUT2D eigenvalue weighted by atomic mass is 9.78. The van der Waals surface area contributed by atoms with Crippen LogP contribution in [0.3, 0.4) is 0 Å². The number of Topliss-reactive ketones (excluding diaryl/α,β-unsaturated/α-hetero) is 1. The van der Waals surface area contributed by atoms with Gasteiger partial charge in [-0.25, -0.2) is 13.2 Å². The number of carbonyl (C=O) groups excluding carboxylic acids is 5. The largest absolute Gasteiger partial charge is 0.363 e. The lowest BCUT2D eigenvalue weighted by molar-refractivity contribution is -0.145. The number of sulfonamides is 1. The summed E-state index contributed by atoms with van der Waals surface area (Å²) in [6, 6.07) is 3.75. The van der Waals surface area contributed by atoms with E-state index in [4.69, 9.17) is 5.73 Å². The van der Waals surface area contributed by atoms with Gasteiger partial charge in [0.15, 0.2) is 0 Å². The molecule has 5 amide bonds. The molecular formula is C35H54N6O7S. The van der Waals surface area contributed by atoms with Crippen molar-refractivity contribution in [3.05, 3.63) is 30.3 Å². The van der Waals surface area contributed by atoms with Crippen LogP contribution in [0.5, 0.6) is 0 Å². The highest BCUT2D eigenvalue weighted by Crippen LogP contribution is 2.65. The molecule has 0 radical (unpaired) electrons. The van der Waals surface area contributed by atoms with E-state index in [1.807, 2.05) is 55.4 Å². The van der Waals surface area contributed by atoms with Crippen molar-refractivity contribution in [3.63, 3.8) is 0 Å². The maximum Gasteiger partial charge on any atom is 0.315 e. The highest BCUT2D eigenvalue weighted by molar-refractivity contribution is 7.89. The molecule has 1 heterocycles. The second-order valence-electron chi connectivity index (χ2n) is 16.7. The van der Waals surface area contributed by atoms with Gasteiger partial charge < -0.3 is 26.6 Å². The standard InChI is InChI=1S/C35H54N6O7S/c1-33(2,3)23(19-40(9)49(47,48)21-16-11-10-12-17-21)37-32(46)39-28(34(4,5)6)31(45)41-18-22-24(35(22,7)8)26(41)30(44)38-25(20-14-13-15-20)27(42)29(36)43/h10-12,16-17,20,22-26,28H,13-15,18-19H2,1-9H3,(H2,36,43)(H,38,44)(H2,37,39,46)/t22-,23+,24-,25?,26-,28+/m0/s1. The molecule has 5 N–H and O–H groups in total. The van der Waals surface area contributed by atoms with Crippen molar-refractivity contribution >= 4 is 39.6 Å². The molecule has 4 rings (SSSR count). The van der Waals surface area contributed by atoms with E-state index < -0.39 is 74.6 Å². The zero-order chi connectivity index (χ0) is 36.9. The Balaban J connectivity index is 1.53. The first kappa shape index (κ1) is 38.3. The molecule has 0 bridgehead atoms. The number of benzene rings is 1. The molecule has 0 spiro atoms. The molecule has 1 aromatic rings. The number of ketones is 1. The van der Waals surface area contributed by atoms with Crippen LogP contribution in [0, 0.1) is 34.0 Å². The Hall–Kier alpha value is -3.52. The number of piperidine rings is 1. The number of urea groups is 1. The first-order chi connectivity index (χ1) is 22.5. The molecule has 1 unspecified atom stereocenters. The summed E-state index contributed by atoms with van der Waals surface area (Å²) in [5.74, 6) is -3.22. The zero-order valence-corrected chi connectivity index (χ0v) is 31.0. The van der Waals surface area contributed by atoms with Gasteiger partial charge in [0.05, 0.1) is 4.90 Å². The van der Waals surface area contributed by atoms with Crippen LogP contribution in [-0.4, -0.2) is 91.5 Å². The summed E-state index contributed by atoms with van der Waals surface area (Å²) in [6.07, 6.45) is 2.25. The topological polar surface area (TPSA) is 188 Å². The van der Waals surface area contributed by atoms with Crippen molar-refractivity contribution in [2.75, 3.05) is 20.1 Å². The number of amides is 5. The summed E-state index contributed by atoms with van der Waals surface area (Å²) >= 11 is 0. The Kier molecular flexibility index (Phi) is 10.7. The number of nitrogens with zero attached hydrogens (tertiary/aromatic N) is 2. The molecule has 1 aliphatic heterocycles. The lowest BCUT2D eigenvalue weighted by Crippen LogP contribution is -2.63. The third-order valence-electron chi connectivity index (χ3n) is 10.8. The van der Waals surface area contributed by atoms with E-state index in [2.05, 4.69) is 16.0 Å². The van der Waals surface area contributed by atoms with Gasteiger partial charge in [-0.1, -0.05) is 80.0 Å². The van der Waals surface area contributed by atoms with E-state index in [9.17, 15) is 32.4 Å². The van der Waals surface area contributed by atoms with Crippen LogP contribution >= 0.6 is 0 Å². The average molecular weight is 703 g/mol. The minimum atomic E-state index is -3.83. The Morgan fingerprint density at radius 2 is 1.55 bits per heavy atom. The van der Waals surface area contributed by atoms with Crippen molar-refractivity contribution in [2.24, 2.45) is 39.7 Å². The average Bonchev–Trinajstić information content (AvgIpc) is 3.28. The number of fused-ring (bicyclic) bond motifs is 1. The van der Waals surface area contributed by atoms with Gasteiger partial charge in [-0.15, -0.1) is 0 Å². The van der Waals surface area contributed by atoms with E-state index in [0.29, 0.717) is 19.4 Å². The van der Waals surface area contributed by atoms with E-state index in [1.165, 1.54) is 28.4 Å². The van der Waals surface area contributed by atoms with E-state index in [-0.39, 0.29) is 34.6 Å². The summed E-state index contributed by atoms with van der Waals surface area (Å²) in [5.41, 5.74) is 3.76. The molecule has 2 saturated carbocycles. The predicted octanol–water partition coefficient (Wildman–Crippen LogP) is 2.26. The summed E-state index contributed by atoms with van der Waals surface area (Å²) in [7, 11) is -2.37. The van der Waals surface area contributed by atoms with Crippen molar-refractivity contribution in [3.8, 4) is 0 Å². The Labute approximate surface area is 290 Å². The first-order valence-electron chi connectivity index (χ1n) is 17.0. The van der Waals surface area contributed by atoms with Crippen LogP contribution in [-0.2, 0) is 29.2 Å². The van der Waals surface area contributed by atoms with Gasteiger partial charge in [-0.3, -0.25) is 19.2 Å². The highest BCUT2D eigenvalue weighted by Gasteiger charge is 2.70. The monoisotopic (exact) mass is 702 g/mol. The van der Waals surface area contributed by atoms with E-state index >= 15 is 0 Å². The van der Waals surface area contributed by atoms with Gasteiger partial charge in [0.1, 0.15) is 18.1 Å². The fourth-order valence-corrected chi connectivity index (χ4v) is 8.39. The van der Waals surface area contributed by atoms with Crippen LogP contribution in [0.1, 0.15) is 74.7 Å². The molecule has 272 valence electrons. The number of hydrogen-bond acceptors (Lipinski definition) is 7. The van der Waals surface area contributed by atoms with Crippen LogP contribution in [0.2, 0.25) is 0 Å². The fraction of sp³-hybridized carbons (Fsp3) is 0.686. The molecule has 14 heteroatoms. The predicted molar refractivity (Wildman–Crippen MR) is 184 cm³/mol. The van der Waals surface area contributed by atoms with Crippen molar-refractivity contribution in [2.45, 2.75) is 104 Å². The van der Waals surface area contributed by atoms with Gasteiger partial charge in [0.2, 0.25) is 27.6 Å². The second kappa shape index (κ2) is 13.7. The van der Waals surface area contributed by atoms with E-state index in [0.717, 1.165) is 6.42 Å².